The van der Waals surface area contributed by atoms with Crippen molar-refractivity contribution in [3.63, 3.8) is 0 Å². The van der Waals surface area contributed by atoms with Crippen molar-refractivity contribution in [2.75, 3.05) is 0 Å². The summed E-state index contributed by atoms with van der Waals surface area (Å²) in [5, 5.41) is 4.48. The average molecular weight is 339 g/mol. The van der Waals surface area contributed by atoms with E-state index in [1.807, 2.05) is 26.0 Å². The number of primary amides is 1. The Bertz CT molecular complexity index is 910. The maximum absolute atomic E-state index is 11.7. The summed E-state index contributed by atoms with van der Waals surface area (Å²) in [7, 11) is 0. The summed E-state index contributed by atoms with van der Waals surface area (Å²) in [5.41, 5.74) is 7.35. The predicted molar refractivity (Wildman–Crippen MR) is 93.0 cm³/mol. The molecular formula is C18H21N5O2. The van der Waals surface area contributed by atoms with Crippen LogP contribution in [0, 0.1) is 19.3 Å². The van der Waals surface area contributed by atoms with Crippen molar-refractivity contribution in [2.45, 2.75) is 34.1 Å². The number of furan rings is 1. The Morgan fingerprint density at radius 3 is 2.60 bits per heavy atom. The molecule has 3 aromatic rings. The number of carbonyl (C=O) groups excluding carboxylic acids is 1. The van der Waals surface area contributed by atoms with Crippen LogP contribution >= 0.6 is 0 Å². The van der Waals surface area contributed by atoms with E-state index in [1.165, 1.54) is 0 Å². The predicted octanol–water partition coefficient (Wildman–Crippen LogP) is 2.59. The van der Waals surface area contributed by atoms with Gasteiger partial charge < -0.3 is 10.2 Å². The zero-order chi connectivity index (χ0) is 18.2. The summed E-state index contributed by atoms with van der Waals surface area (Å²) in [6.07, 6.45) is 1.96. The van der Waals surface area contributed by atoms with E-state index in [0.717, 1.165) is 11.4 Å². The van der Waals surface area contributed by atoms with Crippen LogP contribution in [-0.2, 0) is 11.2 Å². The third-order valence-corrected chi connectivity index (χ3v) is 4.02. The molecule has 0 radical (unpaired) electrons. The lowest BCUT2D eigenvalue weighted by atomic mass is 9.87. The van der Waals surface area contributed by atoms with Crippen LogP contribution in [0.3, 0.4) is 0 Å². The van der Waals surface area contributed by atoms with Crippen molar-refractivity contribution < 1.29 is 9.21 Å². The molecule has 0 bridgehead atoms. The molecule has 0 fully saturated rings. The van der Waals surface area contributed by atoms with Gasteiger partial charge in [-0.3, -0.25) is 4.79 Å². The van der Waals surface area contributed by atoms with E-state index < -0.39 is 5.41 Å². The molecule has 0 saturated carbocycles. The Morgan fingerprint density at radius 1 is 1.28 bits per heavy atom. The van der Waals surface area contributed by atoms with Crippen LogP contribution in [0.15, 0.2) is 34.9 Å². The number of aryl methyl sites for hydroxylation is 2. The highest BCUT2D eigenvalue weighted by atomic mass is 16.3. The summed E-state index contributed by atoms with van der Waals surface area (Å²) in [4.78, 5) is 20.8. The van der Waals surface area contributed by atoms with Gasteiger partial charge in [-0.15, -0.1) is 0 Å². The molecule has 0 aliphatic rings. The number of amides is 1. The highest BCUT2D eigenvalue weighted by molar-refractivity contribution is 5.80. The molecule has 0 atom stereocenters. The molecule has 7 nitrogen and oxygen atoms in total. The number of hydrogen-bond donors (Lipinski definition) is 1. The number of carbonyl (C=O) groups is 1. The summed E-state index contributed by atoms with van der Waals surface area (Å²) in [5.74, 6) is 1.26. The SMILES string of the molecule is Cc1cc(C)n(-c2cc(CC(C)(C)C(N)=O)nc(-c3ccco3)n2)n1. The van der Waals surface area contributed by atoms with Gasteiger partial charge in [0.05, 0.1) is 12.0 Å². The molecule has 0 spiro atoms. The zero-order valence-electron chi connectivity index (χ0n) is 14.8. The van der Waals surface area contributed by atoms with E-state index >= 15 is 0 Å². The highest BCUT2D eigenvalue weighted by Crippen LogP contribution is 2.24. The third-order valence-electron chi connectivity index (χ3n) is 4.02. The van der Waals surface area contributed by atoms with Crippen LogP contribution in [0.25, 0.3) is 17.4 Å². The Hall–Kier alpha value is -2.96. The molecule has 0 aliphatic carbocycles. The van der Waals surface area contributed by atoms with E-state index in [4.69, 9.17) is 10.2 Å². The Kier molecular flexibility index (Phi) is 4.16. The molecule has 0 unspecified atom stereocenters. The minimum Gasteiger partial charge on any atom is -0.461 e. The van der Waals surface area contributed by atoms with Gasteiger partial charge in [0, 0.05) is 29.3 Å². The Balaban J connectivity index is 2.12. The van der Waals surface area contributed by atoms with Crippen LogP contribution in [-0.4, -0.2) is 25.7 Å². The largest absolute Gasteiger partial charge is 0.461 e. The van der Waals surface area contributed by atoms with Crippen LogP contribution in [0.2, 0.25) is 0 Å². The van der Waals surface area contributed by atoms with Crippen LogP contribution in [0.1, 0.15) is 30.9 Å². The van der Waals surface area contributed by atoms with Gasteiger partial charge in [-0.2, -0.15) is 5.10 Å². The first-order valence-corrected chi connectivity index (χ1v) is 8.02. The minimum atomic E-state index is -0.721. The minimum absolute atomic E-state index is 0.377. The fourth-order valence-corrected chi connectivity index (χ4v) is 2.60. The number of nitrogens with zero attached hydrogens (tertiary/aromatic N) is 4. The Morgan fingerprint density at radius 2 is 2.04 bits per heavy atom. The van der Waals surface area contributed by atoms with Crippen LogP contribution < -0.4 is 5.73 Å². The summed E-state index contributed by atoms with van der Waals surface area (Å²) in [6, 6.07) is 7.38. The fourth-order valence-electron chi connectivity index (χ4n) is 2.60. The van der Waals surface area contributed by atoms with Crippen molar-refractivity contribution in [3.8, 4) is 17.4 Å². The summed E-state index contributed by atoms with van der Waals surface area (Å²) in [6.45, 7) is 7.48. The van der Waals surface area contributed by atoms with Gasteiger partial charge in [0.25, 0.3) is 0 Å². The maximum Gasteiger partial charge on any atom is 0.223 e. The monoisotopic (exact) mass is 339 g/mol. The molecule has 1 amide bonds. The van der Waals surface area contributed by atoms with E-state index in [1.54, 1.807) is 36.9 Å². The molecule has 3 rings (SSSR count). The van der Waals surface area contributed by atoms with Gasteiger partial charge in [-0.05, 0) is 32.0 Å². The average Bonchev–Trinajstić information content (AvgIpc) is 3.16. The number of hydrogen-bond acceptors (Lipinski definition) is 5. The second-order valence-electron chi connectivity index (χ2n) is 6.78. The van der Waals surface area contributed by atoms with Crippen molar-refractivity contribution in [1.29, 1.82) is 0 Å². The molecule has 0 saturated heterocycles. The molecule has 130 valence electrons. The number of rotatable bonds is 5. The smallest absolute Gasteiger partial charge is 0.223 e. The van der Waals surface area contributed by atoms with Gasteiger partial charge in [-0.25, -0.2) is 14.6 Å². The van der Waals surface area contributed by atoms with Gasteiger partial charge in [0.15, 0.2) is 17.4 Å². The quantitative estimate of drug-likeness (QED) is 0.770. The number of nitrogens with two attached hydrogens (primary N) is 1. The first kappa shape index (κ1) is 16.9. The molecule has 25 heavy (non-hydrogen) atoms. The normalized spacial score (nSPS) is 11.7. The van der Waals surface area contributed by atoms with E-state index in [0.29, 0.717) is 29.5 Å². The molecule has 2 N–H and O–H groups in total. The lowest BCUT2D eigenvalue weighted by Crippen LogP contribution is -2.33. The van der Waals surface area contributed by atoms with Crippen molar-refractivity contribution in [1.82, 2.24) is 19.7 Å². The van der Waals surface area contributed by atoms with Crippen molar-refractivity contribution in [3.05, 3.63) is 47.6 Å². The standard InChI is InChI=1S/C18H21N5O2/c1-11-8-12(2)23(22-11)15-9-13(10-18(3,4)17(19)24)20-16(21-15)14-6-5-7-25-14/h5-9H,10H2,1-4H3,(H2,19,24). The lowest BCUT2D eigenvalue weighted by molar-refractivity contribution is -0.125. The second-order valence-corrected chi connectivity index (χ2v) is 6.78. The van der Waals surface area contributed by atoms with Crippen LogP contribution in [0.5, 0.6) is 0 Å². The Labute approximate surface area is 145 Å². The van der Waals surface area contributed by atoms with E-state index in [9.17, 15) is 4.79 Å². The van der Waals surface area contributed by atoms with Gasteiger partial charge >= 0.3 is 0 Å². The van der Waals surface area contributed by atoms with Gasteiger partial charge in [-0.1, -0.05) is 13.8 Å². The van der Waals surface area contributed by atoms with Gasteiger partial charge in [0.1, 0.15) is 0 Å². The van der Waals surface area contributed by atoms with Crippen molar-refractivity contribution >= 4 is 5.91 Å². The van der Waals surface area contributed by atoms with E-state index in [2.05, 4.69) is 15.1 Å². The molecule has 3 heterocycles. The molecule has 0 aromatic carbocycles. The third kappa shape index (κ3) is 3.45. The van der Waals surface area contributed by atoms with Gasteiger partial charge in [0.2, 0.25) is 5.91 Å². The zero-order valence-corrected chi connectivity index (χ0v) is 14.8. The van der Waals surface area contributed by atoms with Crippen LogP contribution in [0.4, 0.5) is 0 Å². The first-order chi connectivity index (χ1) is 11.8. The maximum atomic E-state index is 11.7. The summed E-state index contributed by atoms with van der Waals surface area (Å²) < 4.78 is 7.19. The second kappa shape index (κ2) is 6.16. The molecular weight excluding hydrogens is 318 g/mol. The topological polar surface area (TPSA) is 99.8 Å². The summed E-state index contributed by atoms with van der Waals surface area (Å²) >= 11 is 0. The molecule has 7 heteroatoms. The first-order valence-electron chi connectivity index (χ1n) is 8.02. The molecule has 3 aromatic heterocycles. The van der Waals surface area contributed by atoms with E-state index in [-0.39, 0.29) is 5.91 Å². The number of aromatic nitrogens is 4. The highest BCUT2D eigenvalue weighted by Gasteiger charge is 2.27. The van der Waals surface area contributed by atoms with Crippen molar-refractivity contribution in [2.24, 2.45) is 11.1 Å². The fraction of sp³-hybridized carbons (Fsp3) is 0.333. The molecule has 0 aliphatic heterocycles. The lowest BCUT2D eigenvalue weighted by Gasteiger charge is -2.20.